The molecule has 0 spiro atoms. The molecule has 1 heterocycles. The summed E-state index contributed by atoms with van der Waals surface area (Å²) < 4.78 is 3.00. The molecule has 0 aliphatic carbocycles. The van der Waals surface area contributed by atoms with Gasteiger partial charge in [0.15, 0.2) is 6.29 Å². The van der Waals surface area contributed by atoms with Crippen LogP contribution in [0.5, 0.6) is 0 Å². The minimum Gasteiger partial charge on any atom is -0.342 e. The van der Waals surface area contributed by atoms with Gasteiger partial charge in [-0.05, 0) is 35.9 Å². The molecule has 1 aromatic heterocycles. The normalized spacial score (nSPS) is 10.5. The van der Waals surface area contributed by atoms with Crippen LogP contribution in [0.15, 0.2) is 53.1 Å². The lowest BCUT2D eigenvalue weighted by atomic mass is 10.1. The molecule has 0 saturated heterocycles. The molecule has 0 unspecified atom stereocenters. The summed E-state index contributed by atoms with van der Waals surface area (Å²) in [6.45, 7) is 0.664. The van der Waals surface area contributed by atoms with Crippen LogP contribution in [-0.2, 0) is 6.54 Å². The van der Waals surface area contributed by atoms with E-state index >= 15 is 0 Å². The first-order valence-corrected chi connectivity index (χ1v) is 7.23. The number of benzene rings is 2. The summed E-state index contributed by atoms with van der Waals surface area (Å²) in [6, 6.07) is 15.5. The van der Waals surface area contributed by atoms with Gasteiger partial charge in [-0.15, -0.1) is 0 Å². The smallest absolute Gasteiger partial charge is 0.152 e. The molecule has 0 aliphatic heterocycles. The van der Waals surface area contributed by atoms with Crippen molar-refractivity contribution in [3.63, 3.8) is 0 Å². The fraction of sp³-hybridized carbons (Fsp3) is 0.0588. The summed E-state index contributed by atoms with van der Waals surface area (Å²) in [7, 11) is 0. The van der Waals surface area contributed by atoms with Crippen molar-refractivity contribution in [1.29, 1.82) is 5.26 Å². The third kappa shape index (κ3) is 2.61. The molecule has 0 bridgehead atoms. The Balaban J connectivity index is 2.04. The van der Waals surface area contributed by atoms with E-state index in [9.17, 15) is 4.79 Å². The monoisotopic (exact) mass is 338 g/mol. The summed E-state index contributed by atoms with van der Waals surface area (Å²) in [5.41, 5.74) is 3.43. The first-order valence-electron chi connectivity index (χ1n) is 6.44. The van der Waals surface area contributed by atoms with Gasteiger partial charge in [-0.3, -0.25) is 4.79 Å². The van der Waals surface area contributed by atoms with Gasteiger partial charge in [-0.1, -0.05) is 28.1 Å². The number of fused-ring (bicyclic) bond motifs is 1. The zero-order valence-electron chi connectivity index (χ0n) is 11.1. The van der Waals surface area contributed by atoms with Crippen molar-refractivity contribution in [3.05, 3.63) is 69.8 Å². The number of aromatic nitrogens is 1. The highest BCUT2D eigenvalue weighted by molar-refractivity contribution is 9.10. The Morgan fingerprint density at radius 1 is 1.19 bits per heavy atom. The molecule has 0 saturated carbocycles. The van der Waals surface area contributed by atoms with E-state index in [1.165, 1.54) is 0 Å². The maximum absolute atomic E-state index is 11.2. The molecule has 2 aromatic carbocycles. The minimum atomic E-state index is 0.647. The van der Waals surface area contributed by atoms with Gasteiger partial charge in [0, 0.05) is 33.7 Å². The lowest BCUT2D eigenvalue weighted by molar-refractivity contribution is 0.112. The fourth-order valence-corrected chi connectivity index (χ4v) is 2.76. The second-order valence-corrected chi connectivity index (χ2v) is 5.72. The molecule has 3 aromatic rings. The van der Waals surface area contributed by atoms with Crippen LogP contribution in [0.4, 0.5) is 0 Å². The van der Waals surface area contributed by atoms with Crippen LogP contribution in [0, 0.1) is 11.3 Å². The summed E-state index contributed by atoms with van der Waals surface area (Å²) in [6.07, 6.45) is 2.74. The third-order valence-electron chi connectivity index (χ3n) is 3.44. The number of hydrogen-bond acceptors (Lipinski definition) is 2. The molecule has 0 N–H and O–H groups in total. The highest BCUT2D eigenvalue weighted by Gasteiger charge is 2.08. The van der Waals surface area contributed by atoms with E-state index in [0.717, 1.165) is 27.2 Å². The molecular weight excluding hydrogens is 328 g/mol. The third-order valence-corrected chi connectivity index (χ3v) is 3.93. The second kappa shape index (κ2) is 5.55. The van der Waals surface area contributed by atoms with Crippen LogP contribution in [0.3, 0.4) is 0 Å². The van der Waals surface area contributed by atoms with Gasteiger partial charge < -0.3 is 4.57 Å². The van der Waals surface area contributed by atoms with Gasteiger partial charge in [-0.2, -0.15) is 5.26 Å². The maximum atomic E-state index is 11.2. The van der Waals surface area contributed by atoms with Crippen molar-refractivity contribution < 1.29 is 4.79 Å². The summed E-state index contributed by atoms with van der Waals surface area (Å²) in [4.78, 5) is 11.2. The van der Waals surface area contributed by atoms with Gasteiger partial charge >= 0.3 is 0 Å². The quantitative estimate of drug-likeness (QED) is 0.674. The average molecular weight is 339 g/mol. The summed E-state index contributed by atoms with van der Waals surface area (Å²) in [5.74, 6) is 0. The molecule has 0 fully saturated rings. The van der Waals surface area contributed by atoms with Gasteiger partial charge in [-0.25, -0.2) is 0 Å². The highest BCUT2D eigenvalue weighted by Crippen LogP contribution is 2.25. The van der Waals surface area contributed by atoms with Gasteiger partial charge in [0.25, 0.3) is 0 Å². The Morgan fingerprint density at radius 2 is 1.95 bits per heavy atom. The number of rotatable bonds is 3. The maximum Gasteiger partial charge on any atom is 0.152 e. The minimum absolute atomic E-state index is 0.647. The molecule has 4 heteroatoms. The number of carbonyl (C=O) groups is 1. The Bertz CT molecular complexity index is 857. The van der Waals surface area contributed by atoms with Crippen LogP contribution >= 0.6 is 15.9 Å². The Kier molecular flexibility index (Phi) is 3.59. The van der Waals surface area contributed by atoms with E-state index in [1.54, 1.807) is 12.1 Å². The summed E-state index contributed by atoms with van der Waals surface area (Å²) in [5, 5.41) is 9.76. The van der Waals surface area contributed by atoms with Crippen molar-refractivity contribution in [2.24, 2.45) is 0 Å². The molecule has 21 heavy (non-hydrogen) atoms. The molecule has 0 amide bonds. The van der Waals surface area contributed by atoms with E-state index in [0.29, 0.717) is 17.7 Å². The molecule has 3 rings (SSSR count). The Morgan fingerprint density at radius 3 is 2.62 bits per heavy atom. The van der Waals surface area contributed by atoms with Crippen molar-refractivity contribution in [1.82, 2.24) is 4.57 Å². The average Bonchev–Trinajstić information content (AvgIpc) is 2.85. The standard InChI is InChI=1S/C17H11BrN2O/c18-15-5-6-17-16(7-15)14(11-21)10-20(17)9-13-3-1-12(8-19)2-4-13/h1-7,10-11H,9H2. The van der Waals surface area contributed by atoms with Gasteiger partial charge in [0.05, 0.1) is 11.6 Å². The molecular formula is C17H11BrN2O. The van der Waals surface area contributed by atoms with Crippen LogP contribution in [0.2, 0.25) is 0 Å². The zero-order chi connectivity index (χ0) is 14.8. The van der Waals surface area contributed by atoms with Crippen molar-refractivity contribution in [2.45, 2.75) is 6.54 Å². The lowest BCUT2D eigenvalue weighted by Crippen LogP contribution is -1.97. The van der Waals surface area contributed by atoms with Gasteiger partial charge in [0.2, 0.25) is 0 Å². The van der Waals surface area contributed by atoms with E-state index in [4.69, 9.17) is 5.26 Å². The Labute approximate surface area is 130 Å². The van der Waals surface area contributed by atoms with E-state index in [2.05, 4.69) is 22.0 Å². The van der Waals surface area contributed by atoms with Crippen molar-refractivity contribution >= 4 is 33.1 Å². The van der Waals surface area contributed by atoms with Crippen molar-refractivity contribution in [3.8, 4) is 6.07 Å². The molecule has 3 nitrogen and oxygen atoms in total. The fourth-order valence-electron chi connectivity index (χ4n) is 2.40. The molecule has 0 radical (unpaired) electrons. The molecule has 0 atom stereocenters. The summed E-state index contributed by atoms with van der Waals surface area (Å²) >= 11 is 3.43. The predicted octanol–water partition coefficient (Wildman–Crippen LogP) is 4.14. The SMILES string of the molecule is N#Cc1ccc(Cn2cc(C=O)c3cc(Br)ccc32)cc1. The first-order chi connectivity index (χ1) is 10.2. The number of hydrogen-bond donors (Lipinski definition) is 0. The predicted molar refractivity (Wildman–Crippen MR) is 85.3 cm³/mol. The first kappa shape index (κ1) is 13.6. The highest BCUT2D eigenvalue weighted by atomic mass is 79.9. The van der Waals surface area contributed by atoms with Crippen LogP contribution < -0.4 is 0 Å². The topological polar surface area (TPSA) is 45.8 Å². The zero-order valence-corrected chi connectivity index (χ0v) is 12.7. The number of halogens is 1. The van der Waals surface area contributed by atoms with Crippen molar-refractivity contribution in [2.75, 3.05) is 0 Å². The number of nitriles is 1. The largest absolute Gasteiger partial charge is 0.342 e. The lowest BCUT2D eigenvalue weighted by Gasteiger charge is -2.06. The van der Waals surface area contributed by atoms with E-state index in [-0.39, 0.29) is 0 Å². The van der Waals surface area contributed by atoms with Crippen LogP contribution in [-0.4, -0.2) is 10.9 Å². The van der Waals surface area contributed by atoms with Crippen LogP contribution in [0.1, 0.15) is 21.5 Å². The molecule has 0 aliphatic rings. The number of aldehydes is 1. The second-order valence-electron chi connectivity index (χ2n) is 4.80. The van der Waals surface area contributed by atoms with E-state index in [1.807, 2.05) is 41.1 Å². The molecule has 102 valence electrons. The van der Waals surface area contributed by atoms with Gasteiger partial charge in [0.1, 0.15) is 0 Å². The number of carbonyl (C=O) groups excluding carboxylic acids is 1. The number of nitrogens with zero attached hydrogens (tertiary/aromatic N) is 2. The van der Waals surface area contributed by atoms with Crippen LogP contribution in [0.25, 0.3) is 10.9 Å². The Hall–Kier alpha value is -2.38. The van der Waals surface area contributed by atoms with E-state index < -0.39 is 0 Å².